The van der Waals surface area contributed by atoms with E-state index in [1.807, 2.05) is 6.92 Å². The van der Waals surface area contributed by atoms with Gasteiger partial charge in [0.1, 0.15) is 0 Å². The first-order chi connectivity index (χ1) is 10.8. The first-order valence-corrected chi connectivity index (χ1v) is 10.2. The third-order valence-electron chi connectivity index (χ3n) is 4.26. The Morgan fingerprint density at radius 1 is 0.957 bits per heavy atom. The van der Waals surface area contributed by atoms with Gasteiger partial charge in [0.05, 0.1) is 11.5 Å². The maximum absolute atomic E-state index is 12.1. The SMILES string of the molecule is CCCC[C@@H](C)CCCC(C)COS(=O)(=O)c1ccc(C)cc1. The lowest BCUT2D eigenvalue weighted by Crippen LogP contribution is -2.13. The summed E-state index contributed by atoms with van der Waals surface area (Å²) in [5.74, 6) is 1.02. The topological polar surface area (TPSA) is 43.4 Å². The highest BCUT2D eigenvalue weighted by molar-refractivity contribution is 7.86. The third kappa shape index (κ3) is 7.98. The first kappa shape index (κ1) is 20.2. The highest BCUT2D eigenvalue weighted by Crippen LogP contribution is 2.19. The smallest absolute Gasteiger partial charge is 0.266 e. The summed E-state index contributed by atoms with van der Waals surface area (Å²) in [4.78, 5) is 0.239. The summed E-state index contributed by atoms with van der Waals surface area (Å²) in [5.41, 5.74) is 1.04. The summed E-state index contributed by atoms with van der Waals surface area (Å²) in [6.45, 7) is 8.78. The van der Waals surface area contributed by atoms with E-state index in [0.717, 1.165) is 24.3 Å². The van der Waals surface area contributed by atoms with Crippen molar-refractivity contribution >= 4 is 10.1 Å². The predicted octanol–water partition coefficient (Wildman–Crippen LogP) is 5.33. The molecule has 0 radical (unpaired) electrons. The maximum atomic E-state index is 12.1. The number of benzene rings is 1. The van der Waals surface area contributed by atoms with Gasteiger partial charge in [0.25, 0.3) is 10.1 Å². The van der Waals surface area contributed by atoms with Gasteiger partial charge in [0.2, 0.25) is 0 Å². The van der Waals surface area contributed by atoms with E-state index in [9.17, 15) is 8.42 Å². The van der Waals surface area contributed by atoms with Gasteiger partial charge in [-0.15, -0.1) is 0 Å². The van der Waals surface area contributed by atoms with Crippen LogP contribution in [0.4, 0.5) is 0 Å². The number of rotatable bonds is 11. The summed E-state index contributed by atoms with van der Waals surface area (Å²) in [7, 11) is -3.63. The van der Waals surface area contributed by atoms with Gasteiger partial charge in [-0.05, 0) is 37.3 Å². The van der Waals surface area contributed by atoms with Crippen molar-refractivity contribution in [2.75, 3.05) is 6.61 Å². The number of hydrogen-bond donors (Lipinski definition) is 0. The Balaban J connectivity index is 2.32. The first-order valence-electron chi connectivity index (χ1n) is 8.81. The Morgan fingerprint density at radius 2 is 1.52 bits per heavy atom. The molecule has 0 N–H and O–H groups in total. The van der Waals surface area contributed by atoms with E-state index in [1.165, 1.54) is 25.7 Å². The Morgan fingerprint density at radius 3 is 2.13 bits per heavy atom. The molecule has 0 aromatic heterocycles. The second kappa shape index (κ2) is 10.1. The number of hydrogen-bond acceptors (Lipinski definition) is 3. The van der Waals surface area contributed by atoms with Gasteiger partial charge in [-0.3, -0.25) is 4.18 Å². The van der Waals surface area contributed by atoms with Crippen molar-refractivity contribution in [3.8, 4) is 0 Å². The molecular formula is C19H32O3S. The second-order valence-corrected chi connectivity index (χ2v) is 8.45. The molecule has 1 aromatic carbocycles. The summed E-state index contributed by atoms with van der Waals surface area (Å²) >= 11 is 0. The molecule has 0 fully saturated rings. The van der Waals surface area contributed by atoms with E-state index in [1.54, 1.807) is 24.3 Å². The molecule has 2 atom stereocenters. The Hall–Kier alpha value is -0.870. The van der Waals surface area contributed by atoms with E-state index >= 15 is 0 Å². The lowest BCUT2D eigenvalue weighted by Gasteiger charge is -2.14. The minimum absolute atomic E-state index is 0.239. The standard InChI is InChI=1S/C19H32O3S/c1-5-6-8-16(2)9-7-10-18(4)15-22-23(20,21)19-13-11-17(3)12-14-19/h11-14,16,18H,5-10,15H2,1-4H3/t16-,18?/m1/s1. The summed E-state index contributed by atoms with van der Waals surface area (Å²) in [6.07, 6.45) is 7.22. The summed E-state index contributed by atoms with van der Waals surface area (Å²) in [6, 6.07) is 6.78. The monoisotopic (exact) mass is 340 g/mol. The summed E-state index contributed by atoms with van der Waals surface area (Å²) in [5, 5.41) is 0. The van der Waals surface area contributed by atoms with Crippen LogP contribution in [0.15, 0.2) is 29.2 Å². The van der Waals surface area contributed by atoms with Crippen LogP contribution < -0.4 is 0 Å². The molecule has 0 aliphatic heterocycles. The molecule has 0 bridgehead atoms. The van der Waals surface area contributed by atoms with Crippen LogP contribution >= 0.6 is 0 Å². The normalized spacial score (nSPS) is 14.6. The molecule has 0 saturated heterocycles. The fourth-order valence-electron chi connectivity index (χ4n) is 2.57. The Labute approximate surface area is 142 Å². The van der Waals surface area contributed by atoms with Gasteiger partial charge in [-0.1, -0.05) is 70.6 Å². The van der Waals surface area contributed by atoms with Crippen LogP contribution in [0.1, 0.15) is 64.9 Å². The molecule has 1 aromatic rings. The van der Waals surface area contributed by atoms with Gasteiger partial charge >= 0.3 is 0 Å². The van der Waals surface area contributed by atoms with Crippen LogP contribution in [0.2, 0.25) is 0 Å². The van der Waals surface area contributed by atoms with Crippen molar-refractivity contribution in [3.05, 3.63) is 29.8 Å². The van der Waals surface area contributed by atoms with Crippen LogP contribution in [0.5, 0.6) is 0 Å². The van der Waals surface area contributed by atoms with Crippen molar-refractivity contribution in [2.45, 2.75) is 71.1 Å². The quantitative estimate of drug-likeness (QED) is 0.511. The molecular weight excluding hydrogens is 308 g/mol. The van der Waals surface area contributed by atoms with E-state index < -0.39 is 10.1 Å². The molecule has 0 saturated carbocycles. The lowest BCUT2D eigenvalue weighted by molar-refractivity contribution is 0.251. The third-order valence-corrected chi connectivity index (χ3v) is 5.56. The van der Waals surface area contributed by atoms with Crippen molar-refractivity contribution in [3.63, 3.8) is 0 Å². The fourth-order valence-corrected chi connectivity index (χ4v) is 3.59. The van der Waals surface area contributed by atoms with Gasteiger partial charge in [-0.2, -0.15) is 8.42 Å². The molecule has 1 unspecified atom stereocenters. The van der Waals surface area contributed by atoms with Crippen LogP contribution in [0.3, 0.4) is 0 Å². The zero-order valence-electron chi connectivity index (χ0n) is 15.0. The van der Waals surface area contributed by atoms with Crippen LogP contribution in [-0.2, 0) is 14.3 Å². The van der Waals surface area contributed by atoms with E-state index in [4.69, 9.17) is 4.18 Å². The molecule has 3 nitrogen and oxygen atoms in total. The minimum Gasteiger partial charge on any atom is -0.266 e. The average Bonchev–Trinajstić information content (AvgIpc) is 2.51. The van der Waals surface area contributed by atoms with E-state index in [2.05, 4.69) is 20.8 Å². The molecule has 0 heterocycles. The summed E-state index contributed by atoms with van der Waals surface area (Å²) < 4.78 is 29.5. The molecule has 0 aliphatic rings. The zero-order valence-corrected chi connectivity index (χ0v) is 15.9. The largest absolute Gasteiger partial charge is 0.296 e. The zero-order chi connectivity index (χ0) is 17.3. The van der Waals surface area contributed by atoms with Crippen LogP contribution in [0, 0.1) is 18.8 Å². The van der Waals surface area contributed by atoms with Gasteiger partial charge in [0, 0.05) is 0 Å². The lowest BCUT2D eigenvalue weighted by atomic mass is 9.95. The second-order valence-electron chi connectivity index (χ2n) is 6.84. The Kier molecular flexibility index (Phi) is 8.85. The average molecular weight is 341 g/mol. The molecule has 23 heavy (non-hydrogen) atoms. The van der Waals surface area contributed by atoms with Crippen LogP contribution in [0.25, 0.3) is 0 Å². The fraction of sp³-hybridized carbons (Fsp3) is 0.684. The van der Waals surface area contributed by atoms with Gasteiger partial charge < -0.3 is 0 Å². The van der Waals surface area contributed by atoms with Gasteiger partial charge in [0.15, 0.2) is 0 Å². The van der Waals surface area contributed by atoms with Gasteiger partial charge in [-0.25, -0.2) is 0 Å². The van der Waals surface area contributed by atoms with E-state index in [-0.39, 0.29) is 17.4 Å². The molecule has 0 amide bonds. The highest BCUT2D eigenvalue weighted by atomic mass is 32.2. The predicted molar refractivity (Wildman–Crippen MR) is 96.0 cm³/mol. The molecule has 4 heteroatoms. The van der Waals surface area contributed by atoms with Crippen LogP contribution in [-0.4, -0.2) is 15.0 Å². The number of aryl methyl sites for hydroxylation is 1. The van der Waals surface area contributed by atoms with Crippen molar-refractivity contribution < 1.29 is 12.6 Å². The number of unbranched alkanes of at least 4 members (excludes halogenated alkanes) is 1. The minimum atomic E-state index is -3.63. The van der Waals surface area contributed by atoms with Crippen molar-refractivity contribution in [1.82, 2.24) is 0 Å². The molecule has 1 rings (SSSR count). The molecule has 0 spiro atoms. The van der Waals surface area contributed by atoms with E-state index in [0.29, 0.717) is 0 Å². The molecule has 0 aliphatic carbocycles. The van der Waals surface area contributed by atoms with Crippen molar-refractivity contribution in [2.24, 2.45) is 11.8 Å². The van der Waals surface area contributed by atoms with Crippen molar-refractivity contribution in [1.29, 1.82) is 0 Å². The highest BCUT2D eigenvalue weighted by Gasteiger charge is 2.16. The maximum Gasteiger partial charge on any atom is 0.296 e. The Bertz CT molecular complexity index is 534. The molecule has 132 valence electrons.